The predicted octanol–water partition coefficient (Wildman–Crippen LogP) is 3.10. The highest BCUT2D eigenvalue weighted by atomic mass is 16.5. The lowest BCUT2D eigenvalue weighted by Crippen LogP contribution is -2.55. The average molecular weight is 170 g/mol. The highest BCUT2D eigenvalue weighted by molar-refractivity contribution is 4.99. The van der Waals surface area contributed by atoms with E-state index in [1.165, 1.54) is 0 Å². The SMILES string of the molecule is CC(C)(C)C(C)(C)C1(C)COC1. The molecule has 1 heterocycles. The van der Waals surface area contributed by atoms with Crippen molar-refractivity contribution in [2.75, 3.05) is 13.2 Å². The Hall–Kier alpha value is -0.0400. The molecule has 72 valence electrons. The van der Waals surface area contributed by atoms with Gasteiger partial charge < -0.3 is 4.74 Å². The van der Waals surface area contributed by atoms with E-state index in [1.54, 1.807) is 0 Å². The normalized spacial score (nSPS) is 23.5. The average Bonchev–Trinajstić information content (AvgIpc) is 1.79. The zero-order valence-electron chi connectivity index (χ0n) is 9.32. The molecule has 1 nitrogen and oxygen atoms in total. The highest BCUT2D eigenvalue weighted by Crippen LogP contribution is 2.54. The first kappa shape index (κ1) is 10.0. The summed E-state index contributed by atoms with van der Waals surface area (Å²) in [5, 5.41) is 0. The van der Waals surface area contributed by atoms with Crippen molar-refractivity contribution in [1.29, 1.82) is 0 Å². The molecule has 0 aromatic rings. The summed E-state index contributed by atoms with van der Waals surface area (Å²) in [7, 11) is 0. The van der Waals surface area contributed by atoms with Gasteiger partial charge in [-0.15, -0.1) is 0 Å². The number of ether oxygens (including phenoxy) is 1. The molecule has 0 saturated carbocycles. The van der Waals surface area contributed by atoms with Crippen LogP contribution in [0, 0.1) is 16.2 Å². The Balaban J connectivity index is 2.84. The van der Waals surface area contributed by atoms with E-state index in [9.17, 15) is 0 Å². The molecule has 12 heavy (non-hydrogen) atoms. The van der Waals surface area contributed by atoms with Gasteiger partial charge in [0.1, 0.15) is 0 Å². The Morgan fingerprint density at radius 2 is 1.42 bits per heavy atom. The fourth-order valence-electron chi connectivity index (χ4n) is 1.67. The molecule has 0 aromatic heterocycles. The van der Waals surface area contributed by atoms with E-state index in [4.69, 9.17) is 4.74 Å². The van der Waals surface area contributed by atoms with Crippen LogP contribution in [0.5, 0.6) is 0 Å². The van der Waals surface area contributed by atoms with Gasteiger partial charge in [0.2, 0.25) is 0 Å². The van der Waals surface area contributed by atoms with Crippen LogP contribution >= 0.6 is 0 Å². The largest absolute Gasteiger partial charge is 0.380 e. The molecular weight excluding hydrogens is 148 g/mol. The molecule has 0 unspecified atom stereocenters. The van der Waals surface area contributed by atoms with E-state index in [2.05, 4.69) is 41.5 Å². The maximum Gasteiger partial charge on any atom is 0.0547 e. The number of rotatable bonds is 1. The van der Waals surface area contributed by atoms with Crippen molar-refractivity contribution in [3.8, 4) is 0 Å². The van der Waals surface area contributed by atoms with Crippen LogP contribution in [-0.4, -0.2) is 13.2 Å². The molecule has 1 rings (SSSR count). The molecule has 1 fully saturated rings. The standard InChI is InChI=1S/C11H22O/c1-9(2,3)10(4,5)11(6)7-12-8-11/h7-8H2,1-6H3. The van der Waals surface area contributed by atoms with Gasteiger partial charge in [0, 0.05) is 5.41 Å². The van der Waals surface area contributed by atoms with Gasteiger partial charge in [-0.25, -0.2) is 0 Å². The van der Waals surface area contributed by atoms with E-state index in [0.717, 1.165) is 13.2 Å². The minimum Gasteiger partial charge on any atom is -0.380 e. The van der Waals surface area contributed by atoms with Crippen LogP contribution in [0.15, 0.2) is 0 Å². The van der Waals surface area contributed by atoms with Crippen molar-refractivity contribution >= 4 is 0 Å². The first-order valence-corrected chi connectivity index (χ1v) is 4.78. The summed E-state index contributed by atoms with van der Waals surface area (Å²) in [6.07, 6.45) is 0. The smallest absolute Gasteiger partial charge is 0.0547 e. The van der Waals surface area contributed by atoms with Crippen molar-refractivity contribution in [2.45, 2.75) is 41.5 Å². The van der Waals surface area contributed by atoms with E-state index >= 15 is 0 Å². The summed E-state index contributed by atoms with van der Waals surface area (Å²) in [5.74, 6) is 0. The van der Waals surface area contributed by atoms with Gasteiger partial charge >= 0.3 is 0 Å². The molecule has 1 aliphatic heterocycles. The van der Waals surface area contributed by atoms with E-state index in [1.807, 2.05) is 0 Å². The maximum atomic E-state index is 5.32. The fourth-order valence-corrected chi connectivity index (χ4v) is 1.67. The molecule has 0 N–H and O–H groups in total. The van der Waals surface area contributed by atoms with Gasteiger partial charge in [0.05, 0.1) is 13.2 Å². The van der Waals surface area contributed by atoms with Crippen molar-refractivity contribution < 1.29 is 4.74 Å². The quantitative estimate of drug-likeness (QED) is 0.587. The Morgan fingerprint density at radius 3 is 1.50 bits per heavy atom. The molecule has 0 bridgehead atoms. The summed E-state index contributed by atoms with van der Waals surface area (Å²) >= 11 is 0. The molecule has 1 heteroatoms. The highest BCUT2D eigenvalue weighted by Gasteiger charge is 2.52. The molecule has 1 aliphatic rings. The fraction of sp³-hybridized carbons (Fsp3) is 1.00. The van der Waals surface area contributed by atoms with Crippen LogP contribution in [-0.2, 0) is 4.74 Å². The first-order chi connectivity index (χ1) is 5.21. The topological polar surface area (TPSA) is 9.23 Å². The second kappa shape index (κ2) is 2.47. The van der Waals surface area contributed by atoms with Crippen LogP contribution in [0.3, 0.4) is 0 Å². The molecule has 1 saturated heterocycles. The van der Waals surface area contributed by atoms with Crippen LogP contribution in [0.2, 0.25) is 0 Å². The van der Waals surface area contributed by atoms with Crippen molar-refractivity contribution in [3.05, 3.63) is 0 Å². The lowest BCUT2D eigenvalue weighted by molar-refractivity contribution is -0.194. The van der Waals surface area contributed by atoms with E-state index < -0.39 is 0 Å². The molecule has 0 atom stereocenters. The first-order valence-electron chi connectivity index (χ1n) is 4.78. The second-order valence-corrected chi connectivity index (χ2v) is 5.93. The molecule has 0 aromatic carbocycles. The minimum absolute atomic E-state index is 0.345. The third kappa shape index (κ3) is 1.19. The Labute approximate surface area is 76.5 Å². The van der Waals surface area contributed by atoms with Crippen LogP contribution in [0.4, 0.5) is 0 Å². The van der Waals surface area contributed by atoms with Crippen LogP contribution in [0.1, 0.15) is 41.5 Å². The molecular formula is C11H22O. The van der Waals surface area contributed by atoms with Crippen molar-refractivity contribution in [1.82, 2.24) is 0 Å². The summed E-state index contributed by atoms with van der Waals surface area (Å²) in [4.78, 5) is 0. The molecule has 0 aliphatic carbocycles. The summed E-state index contributed by atoms with van der Waals surface area (Å²) in [6, 6.07) is 0. The number of hydrogen-bond donors (Lipinski definition) is 0. The Morgan fingerprint density at radius 1 is 1.00 bits per heavy atom. The zero-order valence-corrected chi connectivity index (χ0v) is 9.32. The number of hydrogen-bond acceptors (Lipinski definition) is 1. The van der Waals surface area contributed by atoms with Gasteiger partial charge in [-0.1, -0.05) is 41.5 Å². The summed E-state index contributed by atoms with van der Waals surface area (Å²) in [5.41, 5.74) is 1.08. The second-order valence-electron chi connectivity index (χ2n) is 5.93. The third-order valence-corrected chi connectivity index (χ3v) is 4.23. The summed E-state index contributed by atoms with van der Waals surface area (Å²) in [6.45, 7) is 15.9. The van der Waals surface area contributed by atoms with Gasteiger partial charge in [-0.05, 0) is 10.8 Å². The van der Waals surface area contributed by atoms with Crippen molar-refractivity contribution in [3.63, 3.8) is 0 Å². The van der Waals surface area contributed by atoms with Gasteiger partial charge in [-0.2, -0.15) is 0 Å². The van der Waals surface area contributed by atoms with E-state index in [-0.39, 0.29) is 0 Å². The zero-order chi connectivity index (χ0) is 9.62. The molecule has 0 spiro atoms. The van der Waals surface area contributed by atoms with Crippen molar-refractivity contribution in [2.24, 2.45) is 16.2 Å². The lowest BCUT2D eigenvalue weighted by atomic mass is 9.54. The molecule has 0 amide bonds. The minimum atomic E-state index is 0.345. The maximum absolute atomic E-state index is 5.32. The van der Waals surface area contributed by atoms with Crippen LogP contribution in [0.25, 0.3) is 0 Å². The third-order valence-electron chi connectivity index (χ3n) is 4.23. The lowest BCUT2D eigenvalue weighted by Gasteiger charge is -2.56. The Bertz CT molecular complexity index is 170. The summed E-state index contributed by atoms with van der Waals surface area (Å²) < 4.78 is 5.32. The molecule has 0 radical (unpaired) electrons. The predicted molar refractivity (Wildman–Crippen MR) is 52.2 cm³/mol. The van der Waals surface area contributed by atoms with Crippen LogP contribution < -0.4 is 0 Å². The van der Waals surface area contributed by atoms with E-state index in [0.29, 0.717) is 16.2 Å². The van der Waals surface area contributed by atoms with Gasteiger partial charge in [0.25, 0.3) is 0 Å². The monoisotopic (exact) mass is 170 g/mol. The van der Waals surface area contributed by atoms with Gasteiger partial charge in [-0.3, -0.25) is 0 Å². The van der Waals surface area contributed by atoms with Gasteiger partial charge in [0.15, 0.2) is 0 Å². The Kier molecular flexibility index (Phi) is 2.07.